The lowest BCUT2D eigenvalue weighted by molar-refractivity contribution is 0.102. The fraction of sp³-hybridized carbons (Fsp3) is 0.875. The topological polar surface area (TPSA) is 29.5 Å². The maximum atomic E-state index is 12.6. The minimum Gasteiger partial charge on any atom is -0.446 e. The number of ether oxygens (including phenoxy) is 1. The van der Waals surface area contributed by atoms with Gasteiger partial charge in [0.15, 0.2) is 0 Å². The van der Waals surface area contributed by atoms with Gasteiger partial charge in [-0.2, -0.15) is 0 Å². The normalized spacial score (nSPS) is 29.1. The average Bonchev–Trinajstić information content (AvgIpc) is 2.72. The second-order valence-corrected chi connectivity index (χ2v) is 3.42. The number of carbonyl (C=O) groups excluding carboxylic acids is 1. The number of nitrogens with zero attached hydrogens (tertiary/aromatic N) is 1. The molecule has 2 aliphatic rings. The van der Waals surface area contributed by atoms with Crippen LogP contribution in [0.15, 0.2) is 0 Å². The van der Waals surface area contributed by atoms with Crippen molar-refractivity contribution >= 4 is 6.09 Å². The van der Waals surface area contributed by atoms with Crippen LogP contribution in [-0.2, 0) is 4.74 Å². The number of rotatable bonds is 1. The largest absolute Gasteiger partial charge is 0.446 e. The zero-order chi connectivity index (χ0) is 8.55. The molecule has 0 aromatic rings. The predicted molar refractivity (Wildman–Crippen MR) is 40.6 cm³/mol. The molecule has 0 spiro atoms. The molecule has 2 rings (SSSR count). The first kappa shape index (κ1) is 7.83. The van der Waals surface area contributed by atoms with E-state index in [-0.39, 0.29) is 18.7 Å². The second kappa shape index (κ2) is 2.92. The van der Waals surface area contributed by atoms with E-state index in [1.165, 1.54) is 4.90 Å². The molecule has 1 saturated heterocycles. The van der Waals surface area contributed by atoms with Crippen LogP contribution in [0.4, 0.5) is 9.18 Å². The van der Waals surface area contributed by atoms with Gasteiger partial charge in [0.1, 0.15) is 12.3 Å². The third-order valence-electron chi connectivity index (χ3n) is 2.18. The highest BCUT2D eigenvalue weighted by Gasteiger charge is 2.32. The van der Waals surface area contributed by atoms with E-state index < -0.39 is 6.17 Å². The van der Waals surface area contributed by atoms with Crippen LogP contribution >= 0.6 is 0 Å². The van der Waals surface area contributed by atoms with Crippen molar-refractivity contribution in [3.05, 3.63) is 0 Å². The lowest BCUT2D eigenvalue weighted by atomic mass is 10.3. The van der Waals surface area contributed by atoms with Gasteiger partial charge in [-0.15, -0.1) is 0 Å². The molecule has 1 aliphatic carbocycles. The first-order valence-electron chi connectivity index (χ1n) is 4.35. The Morgan fingerprint density at radius 3 is 2.67 bits per heavy atom. The van der Waals surface area contributed by atoms with Crippen molar-refractivity contribution in [3.63, 3.8) is 0 Å². The maximum Gasteiger partial charge on any atom is 0.410 e. The number of hydrogen-bond donors (Lipinski definition) is 0. The van der Waals surface area contributed by atoms with E-state index >= 15 is 0 Å². The van der Waals surface area contributed by atoms with Gasteiger partial charge in [-0.25, -0.2) is 9.18 Å². The van der Waals surface area contributed by atoms with E-state index in [1.54, 1.807) is 0 Å². The Hall–Kier alpha value is -0.800. The molecule has 2 fully saturated rings. The van der Waals surface area contributed by atoms with Gasteiger partial charge in [-0.1, -0.05) is 0 Å². The second-order valence-electron chi connectivity index (χ2n) is 3.42. The first-order valence-corrected chi connectivity index (χ1v) is 4.35. The van der Waals surface area contributed by atoms with Crippen LogP contribution in [0.3, 0.4) is 0 Å². The van der Waals surface area contributed by atoms with Crippen LogP contribution in [0.5, 0.6) is 0 Å². The van der Waals surface area contributed by atoms with E-state index in [0.717, 1.165) is 12.8 Å². The fourth-order valence-electron chi connectivity index (χ4n) is 1.29. The maximum absolute atomic E-state index is 12.6. The molecule has 4 heteroatoms. The van der Waals surface area contributed by atoms with Crippen LogP contribution in [0.25, 0.3) is 0 Å². The van der Waals surface area contributed by atoms with Crippen molar-refractivity contribution in [1.82, 2.24) is 4.90 Å². The Balaban J connectivity index is 1.79. The summed E-state index contributed by atoms with van der Waals surface area (Å²) in [5, 5.41) is 0. The van der Waals surface area contributed by atoms with Gasteiger partial charge in [0.05, 0.1) is 6.54 Å². The molecule has 0 aromatic carbocycles. The summed E-state index contributed by atoms with van der Waals surface area (Å²) in [5.41, 5.74) is 0. The van der Waals surface area contributed by atoms with Crippen molar-refractivity contribution in [2.45, 2.75) is 31.5 Å². The highest BCUT2D eigenvalue weighted by Crippen LogP contribution is 2.25. The highest BCUT2D eigenvalue weighted by atomic mass is 19.1. The number of carbonyl (C=O) groups is 1. The quantitative estimate of drug-likeness (QED) is 0.598. The summed E-state index contributed by atoms with van der Waals surface area (Å²) in [6.07, 6.45) is 1.34. The van der Waals surface area contributed by atoms with E-state index in [4.69, 9.17) is 4.74 Å². The summed E-state index contributed by atoms with van der Waals surface area (Å²) >= 11 is 0. The fourth-order valence-corrected chi connectivity index (χ4v) is 1.29. The zero-order valence-corrected chi connectivity index (χ0v) is 6.83. The smallest absolute Gasteiger partial charge is 0.410 e. The standard InChI is InChI=1S/C8H12FNO2/c9-6-3-4-10(5-6)8(11)12-7-1-2-7/h6-7H,1-5H2/t6-/m1/s1. The molecule has 0 N–H and O–H groups in total. The summed E-state index contributed by atoms with van der Waals surface area (Å²) in [4.78, 5) is 12.6. The Labute approximate surface area is 70.5 Å². The Bertz CT molecular complexity index is 193. The number of alkyl halides is 1. The van der Waals surface area contributed by atoms with Crippen molar-refractivity contribution < 1.29 is 13.9 Å². The zero-order valence-electron chi connectivity index (χ0n) is 6.83. The molecule has 0 radical (unpaired) electrons. The molecule has 0 aromatic heterocycles. The predicted octanol–water partition coefficient (Wildman–Crippen LogP) is 1.33. The molecule has 68 valence electrons. The molecule has 3 nitrogen and oxygen atoms in total. The van der Waals surface area contributed by atoms with Gasteiger partial charge in [-0.05, 0) is 19.3 Å². The Morgan fingerprint density at radius 1 is 1.42 bits per heavy atom. The lowest BCUT2D eigenvalue weighted by Crippen LogP contribution is -2.30. The minimum atomic E-state index is -0.850. The average molecular weight is 173 g/mol. The molecule has 0 unspecified atom stereocenters. The SMILES string of the molecule is O=C(OC1CC1)N1CC[C@@H](F)C1. The first-order chi connectivity index (χ1) is 5.75. The monoisotopic (exact) mass is 173 g/mol. The van der Waals surface area contributed by atoms with Crippen molar-refractivity contribution in [3.8, 4) is 0 Å². The molecule has 1 amide bonds. The van der Waals surface area contributed by atoms with E-state index in [2.05, 4.69) is 0 Å². The van der Waals surface area contributed by atoms with Gasteiger partial charge < -0.3 is 9.64 Å². The van der Waals surface area contributed by atoms with Gasteiger partial charge >= 0.3 is 6.09 Å². The van der Waals surface area contributed by atoms with Gasteiger partial charge in [0.25, 0.3) is 0 Å². The molecule has 1 aliphatic heterocycles. The van der Waals surface area contributed by atoms with Crippen LogP contribution in [0.1, 0.15) is 19.3 Å². The molecule has 1 atom stereocenters. The van der Waals surface area contributed by atoms with Gasteiger partial charge in [-0.3, -0.25) is 0 Å². The van der Waals surface area contributed by atoms with E-state index in [1.807, 2.05) is 0 Å². The minimum absolute atomic E-state index is 0.121. The molecular weight excluding hydrogens is 161 g/mol. The highest BCUT2D eigenvalue weighted by molar-refractivity contribution is 5.68. The molecule has 1 heterocycles. The third-order valence-corrected chi connectivity index (χ3v) is 2.18. The van der Waals surface area contributed by atoms with Crippen LogP contribution in [0, 0.1) is 0 Å². The molecule has 0 bridgehead atoms. The molecule has 1 saturated carbocycles. The molecule has 12 heavy (non-hydrogen) atoms. The lowest BCUT2D eigenvalue weighted by Gasteiger charge is -2.14. The van der Waals surface area contributed by atoms with Gasteiger partial charge in [0.2, 0.25) is 0 Å². The number of likely N-dealkylation sites (tertiary alicyclic amines) is 1. The van der Waals surface area contributed by atoms with Crippen molar-refractivity contribution in [2.24, 2.45) is 0 Å². The van der Waals surface area contributed by atoms with Crippen molar-refractivity contribution in [1.29, 1.82) is 0 Å². The number of hydrogen-bond acceptors (Lipinski definition) is 2. The van der Waals surface area contributed by atoms with Crippen LogP contribution in [-0.4, -0.2) is 36.4 Å². The number of amides is 1. The van der Waals surface area contributed by atoms with Crippen LogP contribution in [0.2, 0.25) is 0 Å². The van der Waals surface area contributed by atoms with Crippen molar-refractivity contribution in [2.75, 3.05) is 13.1 Å². The third kappa shape index (κ3) is 1.68. The molecular formula is C8H12FNO2. The van der Waals surface area contributed by atoms with Gasteiger partial charge in [0, 0.05) is 6.54 Å². The summed E-state index contributed by atoms with van der Waals surface area (Å²) in [6.45, 7) is 0.721. The summed E-state index contributed by atoms with van der Waals surface area (Å²) in [6, 6.07) is 0. The Morgan fingerprint density at radius 2 is 2.17 bits per heavy atom. The van der Waals surface area contributed by atoms with E-state index in [0.29, 0.717) is 13.0 Å². The summed E-state index contributed by atoms with van der Waals surface area (Å²) in [7, 11) is 0. The Kier molecular flexibility index (Phi) is 1.90. The summed E-state index contributed by atoms with van der Waals surface area (Å²) < 4.78 is 17.7. The van der Waals surface area contributed by atoms with E-state index in [9.17, 15) is 9.18 Å². The van der Waals surface area contributed by atoms with Crippen LogP contribution < -0.4 is 0 Å². The summed E-state index contributed by atoms with van der Waals surface area (Å²) in [5.74, 6) is 0. The number of halogens is 1.